The second kappa shape index (κ2) is 7.89. The van der Waals surface area contributed by atoms with Gasteiger partial charge in [-0.05, 0) is 43.9 Å². The molecule has 1 saturated carbocycles. The van der Waals surface area contributed by atoms with Gasteiger partial charge >= 0.3 is 0 Å². The first kappa shape index (κ1) is 20.1. The predicted molar refractivity (Wildman–Crippen MR) is 98.7 cm³/mol. The Hall–Kier alpha value is -3.23. The molecule has 156 valence electrons. The van der Waals surface area contributed by atoms with Crippen LogP contribution in [0.1, 0.15) is 25.6 Å². The zero-order valence-electron chi connectivity index (χ0n) is 15.8. The van der Waals surface area contributed by atoms with Crippen LogP contribution < -0.4 is 4.74 Å². The van der Waals surface area contributed by atoms with E-state index in [-0.39, 0.29) is 23.0 Å². The minimum Gasteiger partial charge on any atom is -0.448 e. The van der Waals surface area contributed by atoms with E-state index in [4.69, 9.17) is 4.74 Å². The van der Waals surface area contributed by atoms with Crippen LogP contribution in [0.15, 0.2) is 36.4 Å². The molecule has 2 aromatic carbocycles. The number of halogens is 5. The average molecular weight is 421 g/mol. The first-order chi connectivity index (χ1) is 14.4. The number of rotatable bonds is 6. The summed E-state index contributed by atoms with van der Waals surface area (Å²) in [4.78, 5) is 0. The number of hydrogen-bond donors (Lipinski definition) is 0. The van der Waals surface area contributed by atoms with Crippen molar-refractivity contribution in [1.82, 2.24) is 14.8 Å². The van der Waals surface area contributed by atoms with E-state index in [0.717, 1.165) is 25.0 Å². The molecule has 1 aromatic heterocycles. The highest BCUT2D eigenvalue weighted by Crippen LogP contribution is 2.35. The summed E-state index contributed by atoms with van der Waals surface area (Å²) < 4.78 is 75.9. The summed E-state index contributed by atoms with van der Waals surface area (Å²) in [5, 5.41) is 8.03. The molecule has 30 heavy (non-hydrogen) atoms. The summed E-state index contributed by atoms with van der Waals surface area (Å²) in [6, 6.07) is 4.09. The Morgan fingerprint density at radius 2 is 1.67 bits per heavy atom. The summed E-state index contributed by atoms with van der Waals surface area (Å²) in [7, 11) is 0. The monoisotopic (exact) mass is 421 g/mol. The van der Waals surface area contributed by atoms with Gasteiger partial charge in [-0.15, -0.1) is 10.2 Å². The van der Waals surface area contributed by atoms with E-state index in [9.17, 15) is 22.0 Å². The Kier molecular flexibility index (Phi) is 5.27. The molecule has 1 fully saturated rings. The largest absolute Gasteiger partial charge is 0.448 e. The Bertz CT molecular complexity index is 1110. The number of hydrogen-bond acceptors (Lipinski definition) is 3. The Morgan fingerprint density at radius 3 is 2.27 bits per heavy atom. The van der Waals surface area contributed by atoms with Gasteiger partial charge in [0, 0.05) is 24.7 Å². The molecular weight excluding hydrogens is 405 g/mol. The summed E-state index contributed by atoms with van der Waals surface area (Å²) in [6.07, 6.45) is 3.33. The Morgan fingerprint density at radius 1 is 1.00 bits per heavy atom. The summed E-state index contributed by atoms with van der Waals surface area (Å²) >= 11 is 0. The van der Waals surface area contributed by atoms with E-state index >= 15 is 0 Å². The van der Waals surface area contributed by atoms with Gasteiger partial charge in [-0.2, -0.15) is 0 Å². The molecule has 1 heterocycles. The fourth-order valence-corrected chi connectivity index (χ4v) is 3.06. The van der Waals surface area contributed by atoms with Crippen LogP contribution in [0.5, 0.6) is 5.75 Å². The normalized spacial score (nSPS) is 14.3. The van der Waals surface area contributed by atoms with Crippen molar-refractivity contribution < 1.29 is 26.7 Å². The number of aromatic nitrogens is 3. The number of benzene rings is 2. The van der Waals surface area contributed by atoms with Gasteiger partial charge < -0.3 is 9.30 Å². The van der Waals surface area contributed by atoms with Crippen LogP contribution in [0, 0.1) is 35.0 Å². The van der Waals surface area contributed by atoms with E-state index < -0.39 is 34.8 Å². The van der Waals surface area contributed by atoms with Crippen LogP contribution in [0.3, 0.4) is 0 Å². The van der Waals surface area contributed by atoms with E-state index in [2.05, 4.69) is 10.2 Å². The van der Waals surface area contributed by atoms with Crippen LogP contribution in [0.2, 0.25) is 0 Å². The van der Waals surface area contributed by atoms with Crippen LogP contribution in [0.25, 0.3) is 17.1 Å². The summed E-state index contributed by atoms with van der Waals surface area (Å²) in [5.41, 5.74) is 0.0328. The minimum atomic E-state index is -1.22. The number of allylic oxidation sites excluding steroid dienone is 1. The molecule has 3 aromatic rings. The molecule has 4 rings (SSSR count). The Balaban J connectivity index is 1.77. The smallest absolute Gasteiger partial charge is 0.199 e. The molecule has 0 N–H and O–H groups in total. The maximum Gasteiger partial charge on any atom is 0.199 e. The van der Waals surface area contributed by atoms with E-state index in [1.54, 1.807) is 11.5 Å². The van der Waals surface area contributed by atoms with E-state index in [1.807, 2.05) is 0 Å². The van der Waals surface area contributed by atoms with Crippen molar-refractivity contribution in [3.63, 3.8) is 0 Å². The van der Waals surface area contributed by atoms with Gasteiger partial charge in [0.25, 0.3) is 0 Å². The molecule has 4 nitrogen and oxygen atoms in total. The zero-order valence-corrected chi connectivity index (χ0v) is 15.8. The van der Waals surface area contributed by atoms with E-state index in [1.165, 1.54) is 12.1 Å². The lowest BCUT2D eigenvalue weighted by molar-refractivity contribution is 0.413. The van der Waals surface area contributed by atoms with Crippen LogP contribution >= 0.6 is 0 Å². The SMILES string of the molecule is C/C=C(/Oc1c(F)cc(F)cc1F)c1nnc(-c2ccc(F)cc2F)n1CC1CC1. The lowest BCUT2D eigenvalue weighted by Crippen LogP contribution is -2.11. The Labute approximate surface area is 168 Å². The van der Waals surface area contributed by atoms with Crippen molar-refractivity contribution in [1.29, 1.82) is 0 Å². The summed E-state index contributed by atoms with van der Waals surface area (Å²) in [5.74, 6) is -5.33. The highest BCUT2D eigenvalue weighted by atomic mass is 19.2. The van der Waals surface area contributed by atoms with Gasteiger partial charge in [0.15, 0.2) is 34.8 Å². The molecular formula is C21H16F5N3O. The number of ether oxygens (including phenoxy) is 1. The standard InChI is InChI=1S/C21H16F5N3O/c1-2-18(30-19-16(25)8-13(23)9-17(19)26)21-28-27-20(29(21)10-11-3-4-11)14-6-5-12(22)7-15(14)24/h2,5-9,11H,3-4,10H2,1H3/b18-2+. The molecule has 0 spiro atoms. The van der Waals surface area contributed by atoms with Gasteiger partial charge in [-0.25, -0.2) is 22.0 Å². The van der Waals surface area contributed by atoms with Gasteiger partial charge in [-0.3, -0.25) is 0 Å². The highest BCUT2D eigenvalue weighted by Gasteiger charge is 2.28. The second-order valence-corrected chi connectivity index (χ2v) is 6.98. The van der Waals surface area contributed by atoms with Crippen molar-refractivity contribution in [2.75, 3.05) is 0 Å². The topological polar surface area (TPSA) is 39.9 Å². The average Bonchev–Trinajstić information content (AvgIpc) is 3.41. The lowest BCUT2D eigenvalue weighted by Gasteiger charge is -2.14. The van der Waals surface area contributed by atoms with Crippen LogP contribution in [-0.2, 0) is 6.54 Å². The van der Waals surface area contributed by atoms with Crippen LogP contribution in [-0.4, -0.2) is 14.8 Å². The highest BCUT2D eigenvalue weighted by molar-refractivity contribution is 5.62. The molecule has 0 atom stereocenters. The molecule has 0 bridgehead atoms. The van der Waals surface area contributed by atoms with Crippen molar-refractivity contribution in [3.8, 4) is 17.1 Å². The van der Waals surface area contributed by atoms with Gasteiger partial charge in [0.1, 0.15) is 17.5 Å². The summed E-state index contributed by atoms with van der Waals surface area (Å²) in [6.45, 7) is 1.98. The molecule has 1 aliphatic carbocycles. The van der Waals surface area contributed by atoms with Crippen molar-refractivity contribution in [3.05, 3.63) is 71.3 Å². The fourth-order valence-electron chi connectivity index (χ4n) is 3.06. The van der Waals surface area contributed by atoms with Crippen molar-refractivity contribution >= 4 is 5.76 Å². The van der Waals surface area contributed by atoms with E-state index in [0.29, 0.717) is 24.6 Å². The third-order valence-corrected chi connectivity index (χ3v) is 4.72. The third kappa shape index (κ3) is 3.92. The van der Waals surface area contributed by atoms with Crippen molar-refractivity contribution in [2.24, 2.45) is 5.92 Å². The fraction of sp³-hybridized carbons (Fsp3) is 0.238. The van der Waals surface area contributed by atoms with Crippen LogP contribution in [0.4, 0.5) is 22.0 Å². The zero-order chi connectivity index (χ0) is 21.4. The molecule has 0 unspecified atom stereocenters. The maximum absolute atomic E-state index is 14.4. The molecule has 9 heteroatoms. The van der Waals surface area contributed by atoms with Crippen molar-refractivity contribution in [2.45, 2.75) is 26.3 Å². The van der Waals surface area contributed by atoms with Gasteiger partial charge in [-0.1, -0.05) is 0 Å². The molecule has 0 radical (unpaired) electrons. The maximum atomic E-state index is 14.4. The molecule has 0 aliphatic heterocycles. The molecule has 0 amide bonds. The number of nitrogens with zero attached hydrogens (tertiary/aromatic N) is 3. The first-order valence-electron chi connectivity index (χ1n) is 9.25. The third-order valence-electron chi connectivity index (χ3n) is 4.72. The molecule has 0 saturated heterocycles. The second-order valence-electron chi connectivity index (χ2n) is 6.98. The first-order valence-corrected chi connectivity index (χ1v) is 9.25. The van der Waals surface area contributed by atoms with Gasteiger partial charge in [0.05, 0.1) is 5.56 Å². The lowest BCUT2D eigenvalue weighted by atomic mass is 10.2. The van der Waals surface area contributed by atoms with Gasteiger partial charge in [0.2, 0.25) is 0 Å². The quantitative estimate of drug-likeness (QED) is 0.390. The minimum absolute atomic E-state index is 0.0328. The molecule has 1 aliphatic rings. The predicted octanol–water partition coefficient (Wildman–Crippen LogP) is 5.49.